The number of furan rings is 1. The molecule has 2 aromatic heterocycles. The lowest BCUT2D eigenvalue weighted by Gasteiger charge is -2.34. The third-order valence-corrected chi connectivity index (χ3v) is 4.37. The van der Waals surface area contributed by atoms with Crippen LogP contribution in [0.3, 0.4) is 0 Å². The van der Waals surface area contributed by atoms with E-state index in [-0.39, 0.29) is 11.8 Å². The van der Waals surface area contributed by atoms with Crippen LogP contribution in [0.25, 0.3) is 0 Å². The van der Waals surface area contributed by atoms with Gasteiger partial charge in [0.1, 0.15) is 0 Å². The minimum atomic E-state index is 0.0475. The van der Waals surface area contributed by atoms with Gasteiger partial charge in [-0.25, -0.2) is 0 Å². The van der Waals surface area contributed by atoms with Gasteiger partial charge < -0.3 is 14.7 Å². The number of nitrogens with one attached hydrogen (secondary N) is 2. The lowest BCUT2D eigenvalue weighted by atomic mass is 9.88. The predicted molar refractivity (Wildman–Crippen MR) is 77.8 cm³/mol. The molecule has 5 heteroatoms. The van der Waals surface area contributed by atoms with Gasteiger partial charge in [-0.1, -0.05) is 0 Å². The number of carbonyl (C=O) groups is 1. The minimum absolute atomic E-state index is 0.0475. The lowest BCUT2D eigenvalue weighted by molar-refractivity contribution is 0.101. The molecule has 5 nitrogen and oxygen atoms in total. The first-order valence-electron chi connectivity index (χ1n) is 7.16. The van der Waals surface area contributed by atoms with Crippen molar-refractivity contribution in [1.29, 1.82) is 0 Å². The average molecular weight is 283 g/mol. The SMILES string of the molecule is CN1CCc2c[nH]c3c2C1C=C(NCc1ccoc1)C3=O. The summed E-state index contributed by atoms with van der Waals surface area (Å²) in [6.45, 7) is 1.60. The Hall–Kier alpha value is -2.27. The molecular formula is C16H17N3O2. The zero-order chi connectivity index (χ0) is 14.4. The fourth-order valence-corrected chi connectivity index (χ4v) is 3.17. The van der Waals surface area contributed by atoms with Gasteiger partial charge in [0.25, 0.3) is 0 Å². The molecule has 0 amide bonds. The molecule has 1 atom stereocenters. The largest absolute Gasteiger partial charge is 0.472 e. The van der Waals surface area contributed by atoms with E-state index in [9.17, 15) is 4.79 Å². The molecule has 0 bridgehead atoms. The Balaban J connectivity index is 1.65. The number of aromatic nitrogens is 1. The summed E-state index contributed by atoms with van der Waals surface area (Å²) in [6.07, 6.45) is 8.35. The van der Waals surface area contributed by atoms with E-state index in [2.05, 4.69) is 22.2 Å². The normalized spacial score (nSPS) is 21.1. The molecule has 4 rings (SSSR count). The highest BCUT2D eigenvalue weighted by Crippen LogP contribution is 2.37. The molecule has 2 N–H and O–H groups in total. The summed E-state index contributed by atoms with van der Waals surface area (Å²) in [7, 11) is 2.10. The fraction of sp³-hybridized carbons (Fsp3) is 0.312. The summed E-state index contributed by atoms with van der Waals surface area (Å²) in [5.41, 5.74) is 4.85. The van der Waals surface area contributed by atoms with Gasteiger partial charge >= 0.3 is 0 Å². The van der Waals surface area contributed by atoms with E-state index in [1.807, 2.05) is 18.3 Å². The molecule has 21 heavy (non-hydrogen) atoms. The Morgan fingerprint density at radius 2 is 2.43 bits per heavy atom. The van der Waals surface area contributed by atoms with Crippen LogP contribution in [0.2, 0.25) is 0 Å². The van der Waals surface area contributed by atoms with Crippen molar-refractivity contribution in [2.45, 2.75) is 19.0 Å². The Kier molecular flexibility index (Phi) is 2.75. The quantitative estimate of drug-likeness (QED) is 0.904. The van der Waals surface area contributed by atoms with E-state index >= 15 is 0 Å². The number of H-pyrrole nitrogens is 1. The van der Waals surface area contributed by atoms with E-state index in [1.165, 1.54) is 5.56 Å². The van der Waals surface area contributed by atoms with Gasteiger partial charge in [0.2, 0.25) is 5.78 Å². The van der Waals surface area contributed by atoms with E-state index in [4.69, 9.17) is 4.42 Å². The summed E-state index contributed by atoms with van der Waals surface area (Å²) in [6, 6.07) is 2.07. The maximum Gasteiger partial charge on any atom is 0.225 e. The van der Waals surface area contributed by atoms with Crippen molar-refractivity contribution >= 4 is 5.78 Å². The molecule has 0 saturated carbocycles. The van der Waals surface area contributed by atoms with Crippen LogP contribution in [0.5, 0.6) is 0 Å². The molecule has 0 spiro atoms. The van der Waals surface area contributed by atoms with Crippen molar-refractivity contribution in [3.05, 3.63) is 58.9 Å². The number of likely N-dealkylation sites (N-methyl/N-ethyl adjacent to an activating group) is 1. The van der Waals surface area contributed by atoms with Gasteiger partial charge in [-0.05, 0) is 31.2 Å². The van der Waals surface area contributed by atoms with Crippen LogP contribution in [0.15, 0.2) is 41.0 Å². The number of ketones is 1. The molecule has 1 unspecified atom stereocenters. The molecule has 1 aliphatic carbocycles. The first-order valence-corrected chi connectivity index (χ1v) is 7.16. The Morgan fingerprint density at radius 3 is 3.24 bits per heavy atom. The predicted octanol–water partition coefficient (Wildman–Crippen LogP) is 2.01. The highest BCUT2D eigenvalue weighted by atomic mass is 16.3. The molecule has 2 aromatic rings. The van der Waals surface area contributed by atoms with Crippen LogP contribution < -0.4 is 5.32 Å². The maximum absolute atomic E-state index is 12.6. The summed E-state index contributed by atoms with van der Waals surface area (Å²) in [5, 5.41) is 3.24. The van der Waals surface area contributed by atoms with E-state index < -0.39 is 0 Å². The van der Waals surface area contributed by atoms with Crippen molar-refractivity contribution in [2.24, 2.45) is 0 Å². The standard InChI is InChI=1S/C16H17N3O2/c1-19-4-2-11-8-18-15-14(11)13(19)6-12(16(15)20)17-7-10-3-5-21-9-10/h3,5-6,8-9,13,17-18H,2,4,7H2,1H3. The van der Waals surface area contributed by atoms with E-state index in [0.717, 1.165) is 29.8 Å². The smallest absolute Gasteiger partial charge is 0.225 e. The summed E-state index contributed by atoms with van der Waals surface area (Å²) in [5.74, 6) is 0.0475. The van der Waals surface area contributed by atoms with Gasteiger partial charge in [-0.3, -0.25) is 9.69 Å². The van der Waals surface area contributed by atoms with E-state index in [1.54, 1.807) is 12.5 Å². The fourth-order valence-electron chi connectivity index (χ4n) is 3.17. The monoisotopic (exact) mass is 283 g/mol. The molecule has 0 fully saturated rings. The topological polar surface area (TPSA) is 61.3 Å². The van der Waals surface area contributed by atoms with Crippen LogP contribution in [0.1, 0.15) is 33.2 Å². The Labute approximate surface area is 122 Å². The molecule has 1 aliphatic heterocycles. The van der Waals surface area contributed by atoms with Crippen LogP contribution in [0, 0.1) is 0 Å². The second kappa shape index (κ2) is 4.63. The van der Waals surface area contributed by atoms with Crippen LogP contribution in [-0.4, -0.2) is 29.3 Å². The Morgan fingerprint density at radius 1 is 1.52 bits per heavy atom. The van der Waals surface area contributed by atoms with Crippen molar-refractivity contribution < 1.29 is 9.21 Å². The second-order valence-electron chi connectivity index (χ2n) is 5.67. The van der Waals surface area contributed by atoms with Crippen molar-refractivity contribution in [3.8, 4) is 0 Å². The lowest BCUT2D eigenvalue weighted by Crippen LogP contribution is -2.36. The number of hydrogen-bond donors (Lipinski definition) is 2. The zero-order valence-electron chi connectivity index (χ0n) is 11.8. The number of nitrogens with zero attached hydrogens (tertiary/aromatic N) is 1. The number of Topliss-reactive ketones (excluding diaryl/α,β-unsaturated/α-hetero) is 1. The number of hydrogen-bond acceptors (Lipinski definition) is 4. The first-order chi connectivity index (χ1) is 10.2. The van der Waals surface area contributed by atoms with Crippen LogP contribution >= 0.6 is 0 Å². The summed E-state index contributed by atoms with van der Waals surface area (Å²) in [4.78, 5) is 18.0. The van der Waals surface area contributed by atoms with Gasteiger partial charge in [-0.2, -0.15) is 0 Å². The number of aromatic amines is 1. The molecule has 3 heterocycles. The second-order valence-corrected chi connectivity index (χ2v) is 5.67. The highest BCUT2D eigenvalue weighted by Gasteiger charge is 2.35. The molecule has 0 radical (unpaired) electrons. The minimum Gasteiger partial charge on any atom is -0.472 e. The van der Waals surface area contributed by atoms with E-state index in [0.29, 0.717) is 12.2 Å². The third kappa shape index (κ3) is 1.93. The number of allylic oxidation sites excluding steroid dienone is 1. The van der Waals surface area contributed by atoms with Gasteiger partial charge in [0, 0.05) is 30.4 Å². The Bertz CT molecular complexity index is 712. The van der Waals surface area contributed by atoms with Crippen molar-refractivity contribution in [1.82, 2.24) is 15.2 Å². The van der Waals surface area contributed by atoms with Crippen LogP contribution in [-0.2, 0) is 13.0 Å². The maximum atomic E-state index is 12.6. The average Bonchev–Trinajstić information content (AvgIpc) is 3.14. The summed E-state index contributed by atoms with van der Waals surface area (Å²) >= 11 is 0. The van der Waals surface area contributed by atoms with Crippen molar-refractivity contribution in [3.63, 3.8) is 0 Å². The first kappa shape index (κ1) is 12.5. The number of carbonyl (C=O) groups excluding carboxylic acids is 1. The summed E-state index contributed by atoms with van der Waals surface area (Å²) < 4.78 is 5.05. The molecule has 2 aliphatic rings. The zero-order valence-corrected chi connectivity index (χ0v) is 11.8. The van der Waals surface area contributed by atoms with Gasteiger partial charge in [-0.15, -0.1) is 0 Å². The number of rotatable bonds is 3. The van der Waals surface area contributed by atoms with Crippen molar-refractivity contribution in [2.75, 3.05) is 13.6 Å². The highest BCUT2D eigenvalue weighted by molar-refractivity contribution is 6.09. The molecule has 0 saturated heterocycles. The van der Waals surface area contributed by atoms with Gasteiger partial charge in [0.05, 0.1) is 30.0 Å². The van der Waals surface area contributed by atoms with Gasteiger partial charge in [0.15, 0.2) is 0 Å². The van der Waals surface area contributed by atoms with Crippen LogP contribution in [0.4, 0.5) is 0 Å². The molecule has 108 valence electrons. The third-order valence-electron chi connectivity index (χ3n) is 4.37. The molecular weight excluding hydrogens is 266 g/mol. The molecule has 0 aromatic carbocycles.